The standard InChI is InChI=1S/C20H22N2O3S/c1-13-10-14(2)19(15(3)11-13)26(23,24)21-12-18-16(4)25-20(22-18)17-8-6-5-7-9-17/h5-11,21H,12H2,1-4H3. The molecule has 3 aromatic rings. The van der Waals surface area contributed by atoms with Crippen molar-refractivity contribution >= 4 is 10.0 Å². The van der Waals surface area contributed by atoms with E-state index >= 15 is 0 Å². The Labute approximate surface area is 154 Å². The van der Waals surface area contributed by atoms with Crippen molar-refractivity contribution in [1.29, 1.82) is 0 Å². The van der Waals surface area contributed by atoms with Crippen LogP contribution < -0.4 is 4.72 Å². The summed E-state index contributed by atoms with van der Waals surface area (Å²) in [5.41, 5.74) is 3.94. The predicted octanol–water partition coefficient (Wildman–Crippen LogP) is 4.05. The molecule has 0 aliphatic carbocycles. The molecule has 0 amide bonds. The van der Waals surface area contributed by atoms with Crippen LogP contribution in [-0.2, 0) is 16.6 Å². The quantitative estimate of drug-likeness (QED) is 0.735. The topological polar surface area (TPSA) is 72.2 Å². The van der Waals surface area contributed by atoms with E-state index in [1.165, 1.54) is 0 Å². The maximum Gasteiger partial charge on any atom is 0.241 e. The zero-order valence-electron chi connectivity index (χ0n) is 15.3. The molecule has 6 heteroatoms. The van der Waals surface area contributed by atoms with E-state index in [0.29, 0.717) is 22.2 Å². The Bertz CT molecular complexity index is 1020. The van der Waals surface area contributed by atoms with Crippen LogP contribution in [0.3, 0.4) is 0 Å². The van der Waals surface area contributed by atoms with Gasteiger partial charge in [-0.2, -0.15) is 0 Å². The van der Waals surface area contributed by atoms with Crippen LogP contribution in [0.1, 0.15) is 28.1 Å². The summed E-state index contributed by atoms with van der Waals surface area (Å²) in [6.45, 7) is 7.43. The van der Waals surface area contributed by atoms with Crippen molar-refractivity contribution < 1.29 is 12.8 Å². The molecular weight excluding hydrogens is 348 g/mol. The number of oxazole rings is 1. The molecule has 1 heterocycles. The number of aryl methyl sites for hydroxylation is 4. The zero-order valence-corrected chi connectivity index (χ0v) is 16.1. The molecule has 0 aliphatic heterocycles. The lowest BCUT2D eigenvalue weighted by atomic mass is 10.1. The Morgan fingerprint density at radius 2 is 1.62 bits per heavy atom. The number of nitrogens with one attached hydrogen (secondary N) is 1. The highest BCUT2D eigenvalue weighted by molar-refractivity contribution is 7.89. The third-order valence-corrected chi connectivity index (χ3v) is 5.92. The van der Waals surface area contributed by atoms with Crippen LogP contribution in [0.5, 0.6) is 0 Å². The van der Waals surface area contributed by atoms with Crippen LogP contribution in [0.15, 0.2) is 51.8 Å². The van der Waals surface area contributed by atoms with Crippen molar-refractivity contribution in [3.63, 3.8) is 0 Å². The zero-order chi connectivity index (χ0) is 18.9. The van der Waals surface area contributed by atoms with Gasteiger partial charge in [-0.15, -0.1) is 0 Å². The number of hydrogen-bond donors (Lipinski definition) is 1. The van der Waals surface area contributed by atoms with Crippen LogP contribution >= 0.6 is 0 Å². The molecule has 5 nitrogen and oxygen atoms in total. The first-order chi connectivity index (χ1) is 12.3. The van der Waals surface area contributed by atoms with Gasteiger partial charge in [-0.05, 0) is 51.0 Å². The molecular formula is C20H22N2O3S. The number of sulfonamides is 1. The summed E-state index contributed by atoms with van der Waals surface area (Å²) in [4.78, 5) is 4.77. The van der Waals surface area contributed by atoms with Crippen LogP contribution in [-0.4, -0.2) is 13.4 Å². The first-order valence-corrected chi connectivity index (χ1v) is 9.85. The summed E-state index contributed by atoms with van der Waals surface area (Å²) in [5.74, 6) is 1.09. The molecule has 26 heavy (non-hydrogen) atoms. The van der Waals surface area contributed by atoms with Gasteiger partial charge in [-0.1, -0.05) is 35.9 Å². The second kappa shape index (κ2) is 7.05. The smallest absolute Gasteiger partial charge is 0.241 e. The van der Waals surface area contributed by atoms with E-state index in [9.17, 15) is 8.42 Å². The van der Waals surface area contributed by atoms with Crippen molar-refractivity contribution in [3.8, 4) is 11.5 Å². The minimum Gasteiger partial charge on any atom is -0.441 e. The number of aromatic nitrogens is 1. The van der Waals surface area contributed by atoms with E-state index in [1.807, 2.05) is 63.2 Å². The average Bonchev–Trinajstić information content (AvgIpc) is 2.94. The van der Waals surface area contributed by atoms with Crippen molar-refractivity contribution in [2.24, 2.45) is 0 Å². The van der Waals surface area contributed by atoms with Crippen molar-refractivity contribution in [3.05, 3.63) is 70.6 Å². The molecule has 0 spiro atoms. The number of nitrogens with zero attached hydrogens (tertiary/aromatic N) is 1. The predicted molar refractivity (Wildman–Crippen MR) is 101 cm³/mol. The van der Waals surface area contributed by atoms with Gasteiger partial charge in [0.05, 0.1) is 17.1 Å². The van der Waals surface area contributed by atoms with Crippen LogP contribution in [0.4, 0.5) is 0 Å². The second-order valence-corrected chi connectivity index (χ2v) is 8.14. The Hall–Kier alpha value is -2.44. The van der Waals surface area contributed by atoms with E-state index in [1.54, 1.807) is 6.92 Å². The highest BCUT2D eigenvalue weighted by Crippen LogP contribution is 2.24. The molecule has 0 saturated carbocycles. The maximum absolute atomic E-state index is 12.8. The highest BCUT2D eigenvalue weighted by Gasteiger charge is 2.21. The van der Waals surface area contributed by atoms with E-state index in [2.05, 4.69) is 9.71 Å². The third kappa shape index (κ3) is 3.71. The van der Waals surface area contributed by atoms with Crippen molar-refractivity contribution in [1.82, 2.24) is 9.71 Å². The third-order valence-electron chi connectivity index (χ3n) is 4.22. The molecule has 1 N–H and O–H groups in total. The molecule has 1 aromatic heterocycles. The van der Waals surface area contributed by atoms with Gasteiger partial charge in [0.25, 0.3) is 0 Å². The molecule has 136 valence electrons. The molecule has 0 aliphatic rings. The van der Waals surface area contributed by atoms with Gasteiger partial charge in [-0.3, -0.25) is 0 Å². The minimum atomic E-state index is -3.64. The second-order valence-electron chi connectivity index (χ2n) is 6.44. The Morgan fingerprint density at radius 3 is 2.23 bits per heavy atom. The first-order valence-electron chi connectivity index (χ1n) is 8.37. The van der Waals surface area contributed by atoms with E-state index in [-0.39, 0.29) is 6.54 Å². The van der Waals surface area contributed by atoms with Gasteiger partial charge in [0.15, 0.2) is 0 Å². The lowest BCUT2D eigenvalue weighted by Crippen LogP contribution is -2.25. The number of hydrogen-bond acceptors (Lipinski definition) is 4. The van der Waals surface area contributed by atoms with Gasteiger partial charge < -0.3 is 4.42 Å². The SMILES string of the molecule is Cc1cc(C)c(S(=O)(=O)NCc2nc(-c3ccccc3)oc2C)c(C)c1. The lowest BCUT2D eigenvalue weighted by molar-refractivity contribution is 0.538. The molecule has 0 radical (unpaired) electrons. The first kappa shape index (κ1) is 18.4. The highest BCUT2D eigenvalue weighted by atomic mass is 32.2. The fourth-order valence-corrected chi connectivity index (χ4v) is 4.56. The van der Waals surface area contributed by atoms with Crippen molar-refractivity contribution in [2.45, 2.75) is 39.1 Å². The summed E-state index contributed by atoms with van der Waals surface area (Å²) in [7, 11) is -3.64. The van der Waals surface area contributed by atoms with E-state index in [0.717, 1.165) is 22.3 Å². The summed E-state index contributed by atoms with van der Waals surface area (Å²) < 4.78 is 33.9. The normalized spacial score (nSPS) is 11.7. The Kier molecular flexibility index (Phi) is 4.98. The molecule has 0 saturated heterocycles. The van der Waals surface area contributed by atoms with Crippen LogP contribution in [0.25, 0.3) is 11.5 Å². The maximum atomic E-state index is 12.8. The van der Waals surface area contributed by atoms with E-state index < -0.39 is 10.0 Å². The van der Waals surface area contributed by atoms with Crippen molar-refractivity contribution in [2.75, 3.05) is 0 Å². The van der Waals surface area contributed by atoms with Crippen LogP contribution in [0.2, 0.25) is 0 Å². The molecule has 0 fully saturated rings. The van der Waals surface area contributed by atoms with Gasteiger partial charge in [0.2, 0.25) is 15.9 Å². The van der Waals surface area contributed by atoms with Gasteiger partial charge >= 0.3 is 0 Å². The summed E-state index contributed by atoms with van der Waals surface area (Å²) >= 11 is 0. The fourth-order valence-electron chi connectivity index (χ4n) is 3.12. The average molecular weight is 370 g/mol. The fraction of sp³-hybridized carbons (Fsp3) is 0.250. The summed E-state index contributed by atoms with van der Waals surface area (Å²) in [6.07, 6.45) is 0. The van der Waals surface area contributed by atoms with Gasteiger partial charge in [0.1, 0.15) is 5.76 Å². The molecule has 3 rings (SSSR count). The largest absolute Gasteiger partial charge is 0.441 e. The minimum absolute atomic E-state index is 0.0806. The summed E-state index contributed by atoms with van der Waals surface area (Å²) in [5, 5.41) is 0. The van der Waals surface area contributed by atoms with Crippen LogP contribution in [0, 0.1) is 27.7 Å². The van der Waals surface area contributed by atoms with E-state index in [4.69, 9.17) is 4.42 Å². The molecule has 2 aromatic carbocycles. The monoisotopic (exact) mass is 370 g/mol. The number of benzene rings is 2. The van der Waals surface area contributed by atoms with Gasteiger partial charge in [0, 0.05) is 5.56 Å². The molecule has 0 atom stereocenters. The molecule has 0 unspecified atom stereocenters. The Balaban J connectivity index is 1.84. The number of rotatable bonds is 5. The molecule has 0 bridgehead atoms. The summed E-state index contributed by atoms with van der Waals surface area (Å²) in [6, 6.07) is 13.3. The van der Waals surface area contributed by atoms with Gasteiger partial charge in [-0.25, -0.2) is 18.1 Å². The Morgan fingerprint density at radius 1 is 1.00 bits per heavy atom. The lowest BCUT2D eigenvalue weighted by Gasteiger charge is -2.12.